The molecule has 0 aromatic heterocycles. The molecule has 0 heterocycles. The average molecular weight is 198 g/mol. The molecule has 0 bridgehead atoms. The number of hydrogen-bond donors (Lipinski definition) is 1. The molecule has 0 aliphatic carbocycles. The molecular weight excluding hydrogens is 197 g/mol. The summed E-state index contributed by atoms with van der Waals surface area (Å²) < 4.78 is 32.8. The molecule has 0 saturated heterocycles. The van der Waals surface area contributed by atoms with E-state index in [9.17, 15) is 0 Å². The normalized spacial score (nSPS) is 6.40. The van der Waals surface area contributed by atoms with Gasteiger partial charge in [-0.05, 0) is 0 Å². The third kappa shape index (κ3) is 133. The Bertz CT molecular complexity index is 96.2. The second kappa shape index (κ2) is 17.8. The largest absolute Gasteiger partial charge is 1.00 e. The molecule has 6 nitrogen and oxygen atoms in total. The molecule has 0 rings (SSSR count). The second-order valence-corrected chi connectivity index (χ2v) is 1.28. The standard InChI is InChI=1S/3Na.H2O4S.O2/c;;;1-5(2,3)4;1-2/h;;;(H2,1,2,3,4);/q3*+1;;-2/p-1. The van der Waals surface area contributed by atoms with E-state index in [1.165, 1.54) is 0 Å². The minimum atomic E-state index is -4.92. The summed E-state index contributed by atoms with van der Waals surface area (Å²) in [7, 11) is -4.92. The molecule has 0 atom stereocenters. The first-order valence-corrected chi connectivity index (χ1v) is 2.21. The van der Waals surface area contributed by atoms with Crippen LogP contribution in [-0.4, -0.2) is 17.5 Å². The molecular formula is HNa3O6S. The van der Waals surface area contributed by atoms with Crippen molar-refractivity contribution in [1.82, 2.24) is 0 Å². The van der Waals surface area contributed by atoms with Gasteiger partial charge in [0, 0.05) is 0 Å². The molecule has 0 aliphatic rings. The van der Waals surface area contributed by atoms with Crippen LogP contribution in [0.15, 0.2) is 0 Å². The van der Waals surface area contributed by atoms with E-state index in [0.717, 1.165) is 0 Å². The summed E-state index contributed by atoms with van der Waals surface area (Å²) in [5.41, 5.74) is 0. The molecule has 0 aromatic rings. The van der Waals surface area contributed by atoms with Crippen molar-refractivity contribution in [3.05, 3.63) is 0 Å². The van der Waals surface area contributed by atoms with Gasteiger partial charge in [0.25, 0.3) is 0 Å². The average Bonchev–Trinajstić information content (AvgIpc) is 1.36. The minimum absolute atomic E-state index is 0. The molecule has 0 saturated carbocycles. The van der Waals surface area contributed by atoms with Gasteiger partial charge in [0.2, 0.25) is 10.4 Å². The van der Waals surface area contributed by atoms with Crippen LogP contribution >= 0.6 is 0 Å². The fourth-order valence-corrected chi connectivity index (χ4v) is 0. The van der Waals surface area contributed by atoms with E-state index in [1.54, 1.807) is 0 Å². The van der Waals surface area contributed by atoms with Crippen LogP contribution in [0.1, 0.15) is 0 Å². The van der Waals surface area contributed by atoms with Crippen LogP contribution in [0.4, 0.5) is 0 Å². The molecule has 0 radical (unpaired) electrons. The summed E-state index contributed by atoms with van der Waals surface area (Å²) in [5.74, 6) is 0. The summed E-state index contributed by atoms with van der Waals surface area (Å²) >= 11 is 0. The van der Waals surface area contributed by atoms with Crippen LogP contribution in [0.5, 0.6) is 0 Å². The van der Waals surface area contributed by atoms with Crippen molar-refractivity contribution in [3.63, 3.8) is 0 Å². The maximum absolute atomic E-state index is 8.63. The van der Waals surface area contributed by atoms with E-state index >= 15 is 0 Å². The maximum Gasteiger partial charge on any atom is 1.00 e. The smallest absolute Gasteiger partial charge is 1.00 e. The van der Waals surface area contributed by atoms with Crippen LogP contribution in [0.3, 0.4) is 0 Å². The Morgan fingerprint density at radius 3 is 1.00 bits per heavy atom. The third-order valence-corrected chi connectivity index (χ3v) is 0. The van der Waals surface area contributed by atoms with E-state index in [2.05, 4.69) is 0 Å². The van der Waals surface area contributed by atoms with Gasteiger partial charge >= 0.3 is 88.7 Å². The minimum Gasteiger partial charge on any atom is -1.00 e. The molecule has 1 N–H and O–H groups in total. The molecule has 10 heteroatoms. The Kier molecular flexibility index (Phi) is 52.0. The van der Waals surface area contributed by atoms with Crippen molar-refractivity contribution < 1.29 is 117 Å². The van der Waals surface area contributed by atoms with Crippen LogP contribution < -0.4 is 99.2 Å². The third-order valence-electron chi connectivity index (χ3n) is 0. The van der Waals surface area contributed by atoms with Crippen LogP contribution in [0.25, 0.3) is 0 Å². The van der Waals surface area contributed by atoms with Gasteiger partial charge < -0.3 is 15.1 Å². The Morgan fingerprint density at radius 1 is 1.00 bits per heavy atom. The van der Waals surface area contributed by atoms with Gasteiger partial charge in [-0.3, -0.25) is 4.55 Å². The monoisotopic (exact) mass is 198 g/mol. The van der Waals surface area contributed by atoms with E-state index in [1.807, 2.05) is 0 Å². The van der Waals surface area contributed by atoms with E-state index in [0.29, 0.717) is 0 Å². The van der Waals surface area contributed by atoms with Gasteiger partial charge in [0.1, 0.15) is 0 Å². The van der Waals surface area contributed by atoms with Gasteiger partial charge in [-0.25, -0.2) is 8.42 Å². The number of hydrogen-bond acceptors (Lipinski definition) is 5. The Hall–Kier alpha value is 2.79. The molecule has 0 aliphatic heterocycles. The molecule has 0 aromatic carbocycles. The van der Waals surface area contributed by atoms with Crippen molar-refractivity contribution in [3.8, 4) is 0 Å². The summed E-state index contributed by atoms with van der Waals surface area (Å²) in [6.45, 7) is 0. The van der Waals surface area contributed by atoms with E-state index in [4.69, 9.17) is 28.0 Å². The van der Waals surface area contributed by atoms with Crippen LogP contribution in [-0.2, 0) is 10.4 Å². The molecule has 0 amide bonds. The van der Waals surface area contributed by atoms with Gasteiger partial charge in [-0.1, -0.05) is 0 Å². The maximum atomic E-state index is 8.63. The fraction of sp³-hybridized carbons (Fsp3) is 0. The summed E-state index contributed by atoms with van der Waals surface area (Å²) in [6, 6.07) is 0. The van der Waals surface area contributed by atoms with Crippen molar-refractivity contribution in [2.75, 3.05) is 0 Å². The molecule has 10 heavy (non-hydrogen) atoms. The topological polar surface area (TPSA) is 124 Å². The zero-order valence-corrected chi connectivity index (χ0v) is 12.7. The molecule has 0 fully saturated rings. The van der Waals surface area contributed by atoms with Gasteiger partial charge in [-0.15, -0.1) is 0 Å². The second-order valence-electron chi connectivity index (χ2n) is 0.428. The Labute approximate surface area is 125 Å². The van der Waals surface area contributed by atoms with Crippen molar-refractivity contribution in [2.45, 2.75) is 0 Å². The van der Waals surface area contributed by atoms with Crippen LogP contribution in [0, 0.1) is 0 Å². The Morgan fingerprint density at radius 2 is 1.00 bits per heavy atom. The van der Waals surface area contributed by atoms with Crippen molar-refractivity contribution in [1.29, 1.82) is 0 Å². The SMILES string of the molecule is O=S(=O)([O-])O.[Na+].[Na+].[Na+].[O-][O-]. The fourth-order valence-electron chi connectivity index (χ4n) is 0. The quantitative estimate of drug-likeness (QED) is 0.135. The van der Waals surface area contributed by atoms with Crippen molar-refractivity contribution >= 4 is 10.4 Å². The van der Waals surface area contributed by atoms with Gasteiger partial charge in [0.05, 0.1) is 0 Å². The summed E-state index contributed by atoms with van der Waals surface area (Å²) in [5, 5.41) is 14.0. The molecule has 0 unspecified atom stereocenters. The van der Waals surface area contributed by atoms with Gasteiger partial charge in [-0.2, -0.15) is 0 Å². The van der Waals surface area contributed by atoms with E-state index < -0.39 is 10.4 Å². The first kappa shape index (κ1) is 29.3. The van der Waals surface area contributed by atoms with Gasteiger partial charge in [0.15, 0.2) is 0 Å². The zero-order valence-electron chi connectivity index (χ0n) is 5.90. The predicted octanol–water partition coefficient (Wildman–Crippen LogP) is -12.4. The molecule has 46 valence electrons. The first-order chi connectivity index (χ1) is 3.00. The zero-order chi connectivity index (χ0) is 6.50. The summed E-state index contributed by atoms with van der Waals surface area (Å²) in [4.78, 5) is 0. The van der Waals surface area contributed by atoms with Crippen LogP contribution in [0.2, 0.25) is 0 Å². The molecule has 0 spiro atoms. The van der Waals surface area contributed by atoms with Crippen molar-refractivity contribution in [2.24, 2.45) is 0 Å². The Balaban J connectivity index is -0.0000000154. The summed E-state index contributed by atoms with van der Waals surface area (Å²) in [6.07, 6.45) is 0. The first-order valence-electron chi connectivity index (χ1n) is 0.849. The number of rotatable bonds is 0. The van der Waals surface area contributed by atoms with E-state index in [-0.39, 0.29) is 88.7 Å². The predicted molar refractivity (Wildman–Crippen MR) is 12.3 cm³/mol.